The maximum absolute atomic E-state index is 13.3. The first kappa shape index (κ1) is 31.7. The first-order chi connectivity index (χ1) is 20.9. The predicted molar refractivity (Wildman–Crippen MR) is 142 cm³/mol. The number of rotatable bonds is 7. The summed E-state index contributed by atoms with van der Waals surface area (Å²) in [5, 5.41) is 112. The minimum absolute atomic E-state index is 0.103. The second-order valence-corrected chi connectivity index (χ2v) is 10.2. The summed E-state index contributed by atoms with van der Waals surface area (Å²) in [5.41, 5.74) is -1.33. The van der Waals surface area contributed by atoms with E-state index in [1.54, 1.807) is 0 Å². The second-order valence-electron chi connectivity index (χ2n) is 10.2. The minimum Gasteiger partial charge on any atom is -0.508 e. The number of aliphatic hydroxyl groups excluding tert-OH is 8. The topological polar surface area (TPSA) is 290 Å². The smallest absolute Gasteiger partial charge is 0.229 e. The van der Waals surface area contributed by atoms with Gasteiger partial charge >= 0.3 is 0 Å². The van der Waals surface area contributed by atoms with Gasteiger partial charge in [-0.25, -0.2) is 0 Å². The van der Waals surface area contributed by atoms with Gasteiger partial charge in [0.05, 0.1) is 13.2 Å². The number of benzene rings is 2. The SMILES string of the molecule is O=c1cc(-c2ccc(O)cc2)oc2c(O[C@@H]3O[C@H](CO)[C@H](O)[C@H](O)[C@@H]3O)c(O)c(O[C@@H]3O[C@H](CO)[C@H](O)[C@H](O)[C@@H]3O)c(O)c12. The van der Waals surface area contributed by atoms with Crippen molar-refractivity contribution in [1.29, 1.82) is 0 Å². The van der Waals surface area contributed by atoms with Gasteiger partial charge in [0, 0.05) is 11.6 Å². The Morgan fingerprint density at radius 2 is 1.16 bits per heavy atom. The third kappa shape index (κ3) is 5.50. The van der Waals surface area contributed by atoms with Gasteiger partial charge in [-0.05, 0) is 24.3 Å². The maximum atomic E-state index is 13.3. The number of hydrogen-bond donors (Lipinski definition) is 11. The van der Waals surface area contributed by atoms with Gasteiger partial charge in [0.2, 0.25) is 29.8 Å². The number of phenols is 3. The molecule has 17 nitrogen and oxygen atoms in total. The van der Waals surface area contributed by atoms with Gasteiger partial charge in [0.25, 0.3) is 0 Å². The van der Waals surface area contributed by atoms with Gasteiger partial charge in [-0.3, -0.25) is 4.79 Å². The van der Waals surface area contributed by atoms with E-state index in [1.165, 1.54) is 24.3 Å². The average Bonchev–Trinajstić information content (AvgIpc) is 3.01. The maximum Gasteiger partial charge on any atom is 0.229 e. The van der Waals surface area contributed by atoms with Crippen molar-refractivity contribution in [1.82, 2.24) is 0 Å². The third-order valence-corrected chi connectivity index (χ3v) is 7.35. The van der Waals surface area contributed by atoms with E-state index in [0.29, 0.717) is 0 Å². The number of aliphatic hydroxyl groups is 8. The highest BCUT2D eigenvalue weighted by Crippen LogP contribution is 2.51. The molecule has 3 heterocycles. The molecule has 5 rings (SSSR count). The summed E-state index contributed by atoms with van der Waals surface area (Å²) in [4.78, 5) is 13.3. The van der Waals surface area contributed by atoms with E-state index in [2.05, 4.69) is 0 Å². The van der Waals surface area contributed by atoms with E-state index >= 15 is 0 Å². The number of phenolic OH excluding ortho intramolecular Hbond substituents is 3. The van der Waals surface area contributed by atoms with Crippen LogP contribution < -0.4 is 14.9 Å². The minimum atomic E-state index is -2.01. The second kappa shape index (κ2) is 12.3. The first-order valence-electron chi connectivity index (χ1n) is 13.2. The molecule has 2 aliphatic rings. The Morgan fingerprint density at radius 1 is 0.659 bits per heavy atom. The molecule has 2 fully saturated rings. The van der Waals surface area contributed by atoms with E-state index in [-0.39, 0.29) is 17.1 Å². The van der Waals surface area contributed by atoms with Gasteiger partial charge in [-0.15, -0.1) is 0 Å². The highest BCUT2D eigenvalue weighted by molar-refractivity contribution is 5.95. The molecule has 0 radical (unpaired) electrons. The van der Waals surface area contributed by atoms with Crippen LogP contribution in [0.1, 0.15) is 0 Å². The van der Waals surface area contributed by atoms with Crippen molar-refractivity contribution in [2.45, 2.75) is 61.4 Å². The number of fused-ring (bicyclic) bond motifs is 1. The molecule has 3 aromatic rings. The van der Waals surface area contributed by atoms with Crippen molar-refractivity contribution in [3.63, 3.8) is 0 Å². The third-order valence-electron chi connectivity index (χ3n) is 7.35. The molecule has 240 valence electrons. The quantitative estimate of drug-likeness (QED) is 0.124. The molecule has 0 aliphatic carbocycles. The van der Waals surface area contributed by atoms with Crippen LogP contribution in [0.15, 0.2) is 39.5 Å². The van der Waals surface area contributed by atoms with Crippen LogP contribution in [0.5, 0.6) is 28.7 Å². The summed E-state index contributed by atoms with van der Waals surface area (Å²) in [6, 6.07) is 6.29. The standard InChI is InChI=1S/C27H30O17/c28-6-12-15(32)18(35)20(37)26(41-12)43-24-17(34)14-10(31)5-11(8-1-3-9(30)4-2-8)40-23(14)25(22(24)39)44-27-21(38)19(36)16(33)13(7-29)42-27/h1-5,12-13,15-16,18-21,26-30,32-39H,6-7H2/t12-,13-,15+,16+,18+,19+,20+,21+,26+,27+/m1/s1. The highest BCUT2D eigenvalue weighted by Gasteiger charge is 2.47. The van der Waals surface area contributed by atoms with Crippen molar-refractivity contribution in [2.24, 2.45) is 0 Å². The molecule has 1 aromatic heterocycles. The molecule has 17 heteroatoms. The van der Waals surface area contributed by atoms with E-state index in [9.17, 15) is 61.0 Å². The van der Waals surface area contributed by atoms with Crippen LogP contribution in [0, 0.1) is 0 Å². The summed E-state index contributed by atoms with van der Waals surface area (Å²) in [5.74, 6) is -4.28. The lowest BCUT2D eigenvalue weighted by Crippen LogP contribution is -2.60. The van der Waals surface area contributed by atoms with Crippen LogP contribution in [0.3, 0.4) is 0 Å². The van der Waals surface area contributed by atoms with Crippen LogP contribution in [0.4, 0.5) is 0 Å². The summed E-state index contributed by atoms with van der Waals surface area (Å²) < 4.78 is 27.5. The Bertz CT molecular complexity index is 1540. The van der Waals surface area contributed by atoms with Crippen molar-refractivity contribution in [3.05, 3.63) is 40.6 Å². The zero-order chi connectivity index (χ0) is 32.0. The molecule has 44 heavy (non-hydrogen) atoms. The lowest BCUT2D eigenvalue weighted by molar-refractivity contribution is -0.279. The van der Waals surface area contributed by atoms with Gasteiger partial charge in [0.15, 0.2) is 16.8 Å². The molecule has 2 saturated heterocycles. The fourth-order valence-corrected chi connectivity index (χ4v) is 4.86. The Kier molecular flexibility index (Phi) is 8.87. The number of hydrogen-bond acceptors (Lipinski definition) is 17. The summed E-state index contributed by atoms with van der Waals surface area (Å²) in [6.07, 6.45) is -18.2. The molecule has 11 N–H and O–H groups in total. The number of aromatic hydroxyl groups is 3. The van der Waals surface area contributed by atoms with Crippen molar-refractivity contribution in [2.75, 3.05) is 13.2 Å². The van der Waals surface area contributed by atoms with Crippen LogP contribution >= 0.6 is 0 Å². The summed E-state index contributed by atoms with van der Waals surface area (Å²) in [7, 11) is 0. The van der Waals surface area contributed by atoms with E-state index in [4.69, 9.17) is 23.4 Å². The molecule has 2 aromatic carbocycles. The van der Waals surface area contributed by atoms with E-state index in [0.717, 1.165) is 6.07 Å². The molecule has 0 bridgehead atoms. The fraction of sp³-hybridized carbons (Fsp3) is 0.444. The normalized spacial score (nSPS) is 32.5. The lowest BCUT2D eigenvalue weighted by atomic mass is 9.99. The van der Waals surface area contributed by atoms with Gasteiger partial charge < -0.3 is 79.5 Å². The largest absolute Gasteiger partial charge is 0.508 e. The predicted octanol–water partition coefficient (Wildman–Crippen LogP) is -3.07. The zero-order valence-electron chi connectivity index (χ0n) is 22.4. The van der Waals surface area contributed by atoms with Gasteiger partial charge in [-0.1, -0.05) is 0 Å². The van der Waals surface area contributed by atoms with E-state index in [1.807, 2.05) is 0 Å². The van der Waals surface area contributed by atoms with Crippen molar-refractivity contribution >= 4 is 11.0 Å². The van der Waals surface area contributed by atoms with Crippen LogP contribution in [-0.2, 0) is 9.47 Å². The van der Waals surface area contributed by atoms with Crippen molar-refractivity contribution in [3.8, 4) is 40.1 Å². The van der Waals surface area contributed by atoms with Crippen LogP contribution in [-0.4, -0.2) is 131 Å². The van der Waals surface area contributed by atoms with E-state index < -0.39 is 114 Å². The molecule has 0 unspecified atom stereocenters. The molecule has 2 aliphatic heterocycles. The Labute approximate surface area is 246 Å². The molecular weight excluding hydrogens is 596 g/mol. The molecule has 0 amide bonds. The van der Waals surface area contributed by atoms with Gasteiger partial charge in [0.1, 0.15) is 65.7 Å². The first-order valence-corrected chi connectivity index (χ1v) is 13.2. The van der Waals surface area contributed by atoms with Gasteiger partial charge in [-0.2, -0.15) is 0 Å². The Morgan fingerprint density at radius 3 is 1.66 bits per heavy atom. The lowest BCUT2D eigenvalue weighted by Gasteiger charge is -2.40. The van der Waals surface area contributed by atoms with Crippen LogP contribution in [0.2, 0.25) is 0 Å². The number of ether oxygens (including phenoxy) is 4. The Balaban J connectivity index is 1.67. The van der Waals surface area contributed by atoms with Crippen LogP contribution in [0.25, 0.3) is 22.3 Å². The molecular formula is C27H30O17. The summed E-state index contributed by atoms with van der Waals surface area (Å²) >= 11 is 0. The zero-order valence-corrected chi connectivity index (χ0v) is 22.4. The molecule has 0 saturated carbocycles. The Hall–Kier alpha value is -3.75. The van der Waals surface area contributed by atoms with Crippen molar-refractivity contribution < 1.29 is 79.5 Å². The summed E-state index contributed by atoms with van der Waals surface area (Å²) in [6.45, 7) is -1.67. The fourth-order valence-electron chi connectivity index (χ4n) is 4.86. The molecule has 0 spiro atoms. The monoisotopic (exact) mass is 626 g/mol. The molecule has 10 atom stereocenters. The average molecular weight is 627 g/mol. The highest BCUT2D eigenvalue weighted by atomic mass is 16.7.